The van der Waals surface area contributed by atoms with Crippen molar-refractivity contribution in [3.05, 3.63) is 81.9 Å². The van der Waals surface area contributed by atoms with Crippen LogP contribution >= 0.6 is 11.6 Å². The molecular formula is C23H22ClFN4O4S. The van der Waals surface area contributed by atoms with Gasteiger partial charge in [-0.2, -0.15) is 0 Å². The van der Waals surface area contributed by atoms with Gasteiger partial charge in [-0.3, -0.25) is 4.79 Å². The monoisotopic (exact) mass is 504 g/mol. The molecular weight excluding hydrogens is 483 g/mol. The number of carbonyl (C=O) groups excluding carboxylic acids is 2. The van der Waals surface area contributed by atoms with E-state index in [0.29, 0.717) is 24.0 Å². The molecule has 3 amide bonds. The summed E-state index contributed by atoms with van der Waals surface area (Å²) in [4.78, 5) is 25.2. The highest BCUT2D eigenvalue weighted by Gasteiger charge is 2.35. The van der Waals surface area contributed by atoms with E-state index in [2.05, 4.69) is 16.0 Å². The molecule has 3 aromatic rings. The summed E-state index contributed by atoms with van der Waals surface area (Å²) in [5, 5.41) is 7.68. The van der Waals surface area contributed by atoms with Gasteiger partial charge in [0.15, 0.2) is 0 Å². The van der Waals surface area contributed by atoms with Crippen LogP contribution in [-0.4, -0.2) is 31.4 Å². The highest BCUT2D eigenvalue weighted by atomic mass is 35.5. The van der Waals surface area contributed by atoms with E-state index in [1.165, 1.54) is 37.5 Å². The summed E-state index contributed by atoms with van der Waals surface area (Å²) in [6.07, 6.45) is 2.27. The van der Waals surface area contributed by atoms with Crippen LogP contribution in [0.5, 0.6) is 0 Å². The molecule has 1 heterocycles. The maximum atomic E-state index is 13.5. The Bertz CT molecular complexity index is 1390. The smallest absolute Gasteiger partial charge is 0.315 e. The average Bonchev–Trinajstić information content (AvgIpc) is 3.37. The van der Waals surface area contributed by atoms with Crippen molar-refractivity contribution in [1.29, 1.82) is 0 Å². The Balaban J connectivity index is 1.81. The molecule has 3 N–H and O–H groups in total. The molecule has 34 heavy (non-hydrogen) atoms. The number of urea groups is 1. The predicted octanol–water partition coefficient (Wildman–Crippen LogP) is 3.99. The first-order valence-electron chi connectivity index (χ1n) is 10.4. The molecule has 1 aliphatic carbocycles. The second kappa shape index (κ2) is 9.11. The number of nitrogens with one attached hydrogen (secondary N) is 3. The van der Waals surface area contributed by atoms with Crippen LogP contribution in [0.3, 0.4) is 0 Å². The molecule has 1 aromatic heterocycles. The normalized spacial score (nSPS) is 15.0. The van der Waals surface area contributed by atoms with E-state index in [1.54, 1.807) is 12.1 Å². The van der Waals surface area contributed by atoms with Gasteiger partial charge in [0.05, 0.1) is 16.0 Å². The van der Waals surface area contributed by atoms with Crippen LogP contribution in [-0.2, 0) is 16.4 Å². The van der Waals surface area contributed by atoms with E-state index < -0.39 is 33.8 Å². The predicted molar refractivity (Wildman–Crippen MR) is 126 cm³/mol. The zero-order valence-electron chi connectivity index (χ0n) is 18.4. The number of carbonyl (C=O) groups is 2. The minimum Gasteiger partial charge on any atom is -0.341 e. The molecule has 1 aliphatic rings. The van der Waals surface area contributed by atoms with Crippen LogP contribution in [0.2, 0.25) is 5.02 Å². The van der Waals surface area contributed by atoms with Gasteiger partial charge in [0.25, 0.3) is 15.9 Å². The van der Waals surface area contributed by atoms with Crippen molar-refractivity contribution in [2.45, 2.75) is 30.7 Å². The number of benzene rings is 2. The summed E-state index contributed by atoms with van der Waals surface area (Å²) in [7, 11) is -2.66. The Kier molecular flexibility index (Phi) is 6.37. The largest absolute Gasteiger partial charge is 0.341 e. The van der Waals surface area contributed by atoms with E-state index >= 15 is 0 Å². The van der Waals surface area contributed by atoms with Crippen molar-refractivity contribution in [2.24, 2.45) is 0 Å². The highest BCUT2D eigenvalue weighted by Crippen LogP contribution is 2.37. The van der Waals surface area contributed by atoms with Crippen LogP contribution < -0.4 is 16.0 Å². The third-order valence-electron chi connectivity index (χ3n) is 5.67. The van der Waals surface area contributed by atoms with Gasteiger partial charge >= 0.3 is 6.03 Å². The average molecular weight is 505 g/mol. The first kappa shape index (κ1) is 23.8. The second-order valence-corrected chi connectivity index (χ2v) is 10.1. The minimum absolute atomic E-state index is 0.0152. The van der Waals surface area contributed by atoms with Crippen molar-refractivity contribution in [2.75, 3.05) is 12.4 Å². The summed E-state index contributed by atoms with van der Waals surface area (Å²) < 4.78 is 41.5. The van der Waals surface area contributed by atoms with Crippen molar-refractivity contribution >= 4 is 39.2 Å². The zero-order chi connectivity index (χ0) is 24.6. The molecule has 0 saturated carbocycles. The second-order valence-electron chi connectivity index (χ2n) is 7.92. The number of amides is 3. The fourth-order valence-corrected chi connectivity index (χ4v) is 5.51. The highest BCUT2D eigenvalue weighted by molar-refractivity contribution is 7.90. The van der Waals surface area contributed by atoms with Gasteiger partial charge in [-0.1, -0.05) is 29.3 Å². The maximum absolute atomic E-state index is 13.5. The Morgan fingerprint density at radius 2 is 1.85 bits per heavy atom. The number of aryl methyl sites for hydroxylation is 1. The third kappa shape index (κ3) is 4.38. The summed E-state index contributed by atoms with van der Waals surface area (Å²) in [5.74, 6) is -1.34. The topological polar surface area (TPSA) is 109 Å². The molecule has 178 valence electrons. The van der Waals surface area contributed by atoms with Crippen molar-refractivity contribution < 1.29 is 22.4 Å². The Hall–Kier alpha value is -3.37. The van der Waals surface area contributed by atoms with Gasteiger partial charge in [0.2, 0.25) is 0 Å². The van der Waals surface area contributed by atoms with E-state index in [0.717, 1.165) is 15.6 Å². The van der Waals surface area contributed by atoms with Crippen molar-refractivity contribution in [1.82, 2.24) is 14.6 Å². The van der Waals surface area contributed by atoms with Gasteiger partial charge in [-0.25, -0.2) is 21.6 Å². The molecule has 0 saturated heterocycles. The summed E-state index contributed by atoms with van der Waals surface area (Å²) in [6, 6.07) is 9.07. The maximum Gasteiger partial charge on any atom is 0.315 e. The SMILES string of the molecule is CNC(=O)NC1CCc2c1cn(S(=O)(=O)c1ccc(C)cc1)c2C(=O)Nc1ccc(F)c(Cl)c1. The molecule has 1 atom stereocenters. The van der Waals surface area contributed by atoms with E-state index in [9.17, 15) is 22.4 Å². The van der Waals surface area contributed by atoms with Gasteiger partial charge in [0, 0.05) is 18.9 Å². The number of rotatable bonds is 5. The van der Waals surface area contributed by atoms with E-state index in [1.807, 2.05) is 6.92 Å². The number of nitrogens with zero attached hydrogens (tertiary/aromatic N) is 1. The lowest BCUT2D eigenvalue weighted by atomic mass is 10.1. The molecule has 8 nitrogen and oxygen atoms in total. The number of hydrogen-bond acceptors (Lipinski definition) is 4. The first-order valence-corrected chi connectivity index (χ1v) is 12.2. The Morgan fingerprint density at radius 1 is 1.15 bits per heavy atom. The van der Waals surface area contributed by atoms with Gasteiger partial charge < -0.3 is 16.0 Å². The lowest BCUT2D eigenvalue weighted by Gasteiger charge is -2.14. The van der Waals surface area contributed by atoms with Crippen LogP contribution in [0.4, 0.5) is 14.9 Å². The molecule has 0 radical (unpaired) electrons. The lowest BCUT2D eigenvalue weighted by Crippen LogP contribution is -2.34. The van der Waals surface area contributed by atoms with Crippen LogP contribution in [0, 0.1) is 12.7 Å². The van der Waals surface area contributed by atoms with Gasteiger partial charge in [0.1, 0.15) is 11.5 Å². The molecule has 0 fully saturated rings. The molecule has 2 aromatic carbocycles. The van der Waals surface area contributed by atoms with E-state index in [-0.39, 0.29) is 21.3 Å². The lowest BCUT2D eigenvalue weighted by molar-refractivity contribution is 0.102. The van der Waals surface area contributed by atoms with Gasteiger partial charge in [-0.15, -0.1) is 0 Å². The van der Waals surface area contributed by atoms with Crippen molar-refractivity contribution in [3.63, 3.8) is 0 Å². The number of halogens is 2. The number of anilines is 1. The summed E-state index contributed by atoms with van der Waals surface area (Å²) >= 11 is 5.82. The van der Waals surface area contributed by atoms with E-state index in [4.69, 9.17) is 11.6 Å². The fourth-order valence-electron chi connectivity index (χ4n) is 3.94. The zero-order valence-corrected chi connectivity index (χ0v) is 19.9. The molecule has 1 unspecified atom stereocenters. The Labute approximate surface area is 201 Å². The summed E-state index contributed by atoms with van der Waals surface area (Å²) in [6.45, 7) is 1.84. The van der Waals surface area contributed by atoms with Crippen LogP contribution in [0.15, 0.2) is 53.6 Å². The fraction of sp³-hybridized carbons (Fsp3) is 0.217. The molecule has 0 spiro atoms. The number of aromatic nitrogens is 1. The first-order chi connectivity index (χ1) is 16.1. The number of hydrogen-bond donors (Lipinski definition) is 3. The standard InChI is InChI=1S/C23H22ClFN4O4S/c1-13-3-6-15(7-4-13)34(32,33)29-12-17-16(8-10-20(17)28-23(31)26-2)21(29)22(30)27-14-5-9-19(25)18(24)11-14/h3-7,9,11-12,20H,8,10H2,1-2H3,(H,27,30)(H2,26,28,31). The molecule has 0 aliphatic heterocycles. The minimum atomic E-state index is -4.13. The molecule has 4 rings (SSSR count). The third-order valence-corrected chi connectivity index (χ3v) is 7.64. The van der Waals surface area contributed by atoms with Crippen LogP contribution in [0.25, 0.3) is 0 Å². The Morgan fingerprint density at radius 3 is 2.50 bits per heavy atom. The van der Waals surface area contributed by atoms with Crippen LogP contribution in [0.1, 0.15) is 39.6 Å². The van der Waals surface area contributed by atoms with Gasteiger partial charge in [-0.05, 0) is 61.2 Å². The number of fused-ring (bicyclic) bond motifs is 1. The molecule has 0 bridgehead atoms. The molecule has 11 heteroatoms. The van der Waals surface area contributed by atoms with Crippen molar-refractivity contribution in [3.8, 4) is 0 Å². The quantitative estimate of drug-likeness (QED) is 0.488. The summed E-state index contributed by atoms with van der Waals surface area (Å²) in [5.41, 5.74) is 2.08.